The second-order valence-electron chi connectivity index (χ2n) is 3.81. The predicted octanol–water partition coefficient (Wildman–Crippen LogP) is 1.89. The summed E-state index contributed by atoms with van der Waals surface area (Å²) in [5.74, 6) is 2.66. The zero-order valence-corrected chi connectivity index (χ0v) is 7.35. The summed E-state index contributed by atoms with van der Waals surface area (Å²) in [6, 6.07) is 0. The number of hydrogen-bond donors (Lipinski definition) is 1. The Bertz CT molecular complexity index is 88.9. The van der Waals surface area contributed by atoms with E-state index in [4.69, 9.17) is 0 Å². The smallest absolute Gasteiger partial charge is 0.00205 e. The minimum atomic E-state index is 0.859. The van der Waals surface area contributed by atoms with Crippen molar-refractivity contribution in [2.75, 3.05) is 13.1 Å². The van der Waals surface area contributed by atoms with Crippen LogP contribution in [0, 0.1) is 17.8 Å². The summed E-state index contributed by atoms with van der Waals surface area (Å²) in [7, 11) is 0. The molecular formula is C9H19N. The van der Waals surface area contributed by atoms with Crippen LogP contribution in [0.25, 0.3) is 0 Å². The largest absolute Gasteiger partial charge is 0.316 e. The Morgan fingerprint density at radius 2 is 1.80 bits per heavy atom. The van der Waals surface area contributed by atoms with Gasteiger partial charge in [0.1, 0.15) is 0 Å². The fraction of sp³-hybridized carbons (Fsp3) is 1.00. The van der Waals surface area contributed by atoms with Crippen LogP contribution in [-0.2, 0) is 0 Å². The third-order valence-corrected chi connectivity index (χ3v) is 3.04. The summed E-state index contributed by atoms with van der Waals surface area (Å²) in [6.45, 7) is 9.53. The van der Waals surface area contributed by atoms with Crippen LogP contribution in [-0.4, -0.2) is 13.1 Å². The molecule has 10 heavy (non-hydrogen) atoms. The van der Waals surface area contributed by atoms with Gasteiger partial charge in [-0.25, -0.2) is 0 Å². The molecule has 0 bridgehead atoms. The Hall–Kier alpha value is -0.0400. The zero-order valence-electron chi connectivity index (χ0n) is 7.35. The molecule has 1 heteroatoms. The summed E-state index contributed by atoms with van der Waals surface area (Å²) < 4.78 is 0. The first-order valence-electron chi connectivity index (χ1n) is 4.42. The molecular weight excluding hydrogens is 122 g/mol. The molecule has 1 aliphatic rings. The molecule has 1 rings (SSSR count). The summed E-state index contributed by atoms with van der Waals surface area (Å²) >= 11 is 0. The van der Waals surface area contributed by atoms with Crippen LogP contribution < -0.4 is 5.32 Å². The molecule has 1 saturated heterocycles. The van der Waals surface area contributed by atoms with E-state index in [1.807, 2.05) is 0 Å². The van der Waals surface area contributed by atoms with E-state index in [9.17, 15) is 0 Å². The molecule has 3 atom stereocenters. The van der Waals surface area contributed by atoms with Gasteiger partial charge in [-0.1, -0.05) is 20.8 Å². The molecule has 0 aromatic rings. The van der Waals surface area contributed by atoms with E-state index >= 15 is 0 Å². The van der Waals surface area contributed by atoms with Crippen molar-refractivity contribution >= 4 is 0 Å². The van der Waals surface area contributed by atoms with E-state index in [-0.39, 0.29) is 0 Å². The number of hydrogen-bond acceptors (Lipinski definition) is 1. The number of nitrogens with one attached hydrogen (secondary N) is 1. The Labute approximate surface area is 64.2 Å². The van der Waals surface area contributed by atoms with Gasteiger partial charge in [0.25, 0.3) is 0 Å². The maximum absolute atomic E-state index is 3.46. The molecule has 1 fully saturated rings. The average Bonchev–Trinajstić information content (AvgIpc) is 2.04. The minimum absolute atomic E-state index is 0.859. The molecule has 3 unspecified atom stereocenters. The fourth-order valence-corrected chi connectivity index (χ4v) is 1.67. The fourth-order valence-electron chi connectivity index (χ4n) is 1.67. The Balaban J connectivity index is 2.46. The second kappa shape index (κ2) is 3.38. The van der Waals surface area contributed by atoms with Gasteiger partial charge in [0.15, 0.2) is 0 Å². The van der Waals surface area contributed by atoms with Crippen molar-refractivity contribution in [1.82, 2.24) is 5.32 Å². The summed E-state index contributed by atoms with van der Waals surface area (Å²) in [6.07, 6.45) is 1.35. The van der Waals surface area contributed by atoms with Crippen molar-refractivity contribution in [3.8, 4) is 0 Å². The lowest BCUT2D eigenvalue weighted by atomic mass is 9.85. The second-order valence-corrected chi connectivity index (χ2v) is 3.81. The topological polar surface area (TPSA) is 12.0 Å². The zero-order chi connectivity index (χ0) is 7.56. The third kappa shape index (κ3) is 1.72. The summed E-state index contributed by atoms with van der Waals surface area (Å²) in [5.41, 5.74) is 0. The predicted molar refractivity (Wildman–Crippen MR) is 45.0 cm³/mol. The molecule has 0 radical (unpaired) electrons. The quantitative estimate of drug-likeness (QED) is 0.543. The van der Waals surface area contributed by atoms with Crippen molar-refractivity contribution in [2.24, 2.45) is 17.8 Å². The SMILES string of the molecule is CC1CCNCC(C)C1C. The lowest BCUT2D eigenvalue weighted by molar-refractivity contribution is 0.296. The minimum Gasteiger partial charge on any atom is -0.316 e. The maximum atomic E-state index is 3.46. The van der Waals surface area contributed by atoms with E-state index in [2.05, 4.69) is 26.1 Å². The molecule has 1 aliphatic heterocycles. The van der Waals surface area contributed by atoms with Crippen molar-refractivity contribution in [1.29, 1.82) is 0 Å². The van der Waals surface area contributed by atoms with Gasteiger partial charge in [-0.15, -0.1) is 0 Å². The first kappa shape index (κ1) is 8.06. The van der Waals surface area contributed by atoms with Crippen molar-refractivity contribution in [3.05, 3.63) is 0 Å². The molecule has 0 saturated carbocycles. The summed E-state index contributed by atoms with van der Waals surface area (Å²) in [5, 5.41) is 3.46. The molecule has 0 aromatic heterocycles. The normalized spacial score (nSPS) is 42.9. The van der Waals surface area contributed by atoms with Crippen molar-refractivity contribution in [2.45, 2.75) is 27.2 Å². The van der Waals surface area contributed by atoms with Crippen LogP contribution in [0.5, 0.6) is 0 Å². The Morgan fingerprint density at radius 1 is 1.10 bits per heavy atom. The van der Waals surface area contributed by atoms with Crippen molar-refractivity contribution < 1.29 is 0 Å². The van der Waals surface area contributed by atoms with Crippen LogP contribution in [0.4, 0.5) is 0 Å². The van der Waals surface area contributed by atoms with Crippen LogP contribution in [0.3, 0.4) is 0 Å². The first-order chi connectivity index (χ1) is 4.72. The highest BCUT2D eigenvalue weighted by Gasteiger charge is 2.20. The van der Waals surface area contributed by atoms with Gasteiger partial charge in [-0.2, -0.15) is 0 Å². The van der Waals surface area contributed by atoms with Gasteiger partial charge < -0.3 is 5.32 Å². The molecule has 0 aliphatic carbocycles. The van der Waals surface area contributed by atoms with E-state index in [0.717, 1.165) is 17.8 Å². The van der Waals surface area contributed by atoms with E-state index in [0.29, 0.717) is 0 Å². The lowest BCUT2D eigenvalue weighted by Crippen LogP contribution is -2.21. The highest BCUT2D eigenvalue weighted by atomic mass is 14.9. The molecule has 1 heterocycles. The van der Waals surface area contributed by atoms with Gasteiger partial charge in [0, 0.05) is 0 Å². The van der Waals surface area contributed by atoms with E-state index in [1.54, 1.807) is 0 Å². The summed E-state index contributed by atoms with van der Waals surface area (Å²) in [4.78, 5) is 0. The average molecular weight is 141 g/mol. The van der Waals surface area contributed by atoms with Gasteiger partial charge in [0.05, 0.1) is 0 Å². The molecule has 0 spiro atoms. The molecule has 60 valence electrons. The third-order valence-electron chi connectivity index (χ3n) is 3.04. The van der Waals surface area contributed by atoms with Crippen molar-refractivity contribution in [3.63, 3.8) is 0 Å². The Morgan fingerprint density at radius 3 is 2.50 bits per heavy atom. The van der Waals surface area contributed by atoms with Gasteiger partial charge >= 0.3 is 0 Å². The van der Waals surface area contributed by atoms with Gasteiger partial charge in [-0.05, 0) is 37.3 Å². The van der Waals surface area contributed by atoms with Gasteiger partial charge in [0.2, 0.25) is 0 Å². The van der Waals surface area contributed by atoms with Crippen LogP contribution in [0.1, 0.15) is 27.2 Å². The highest BCUT2D eigenvalue weighted by molar-refractivity contribution is 4.74. The molecule has 1 N–H and O–H groups in total. The van der Waals surface area contributed by atoms with E-state index in [1.165, 1.54) is 19.5 Å². The molecule has 0 amide bonds. The van der Waals surface area contributed by atoms with Gasteiger partial charge in [-0.3, -0.25) is 0 Å². The maximum Gasteiger partial charge on any atom is -0.00205 e. The first-order valence-corrected chi connectivity index (χ1v) is 4.42. The van der Waals surface area contributed by atoms with Crippen LogP contribution >= 0.6 is 0 Å². The van der Waals surface area contributed by atoms with Crippen LogP contribution in [0.2, 0.25) is 0 Å². The van der Waals surface area contributed by atoms with E-state index < -0.39 is 0 Å². The highest BCUT2D eigenvalue weighted by Crippen LogP contribution is 2.24. The molecule has 1 nitrogen and oxygen atoms in total. The molecule has 0 aromatic carbocycles. The lowest BCUT2D eigenvalue weighted by Gasteiger charge is -2.21. The number of rotatable bonds is 0. The standard InChI is InChI=1S/C9H19N/c1-7-4-5-10-6-8(2)9(7)3/h7-10H,4-6H2,1-3H3. The monoisotopic (exact) mass is 141 g/mol. The van der Waals surface area contributed by atoms with Crippen LogP contribution in [0.15, 0.2) is 0 Å². The Kier molecular flexibility index (Phi) is 2.72.